The molecule has 0 saturated heterocycles. The van der Waals surface area contributed by atoms with Crippen molar-refractivity contribution in [3.63, 3.8) is 0 Å². The summed E-state index contributed by atoms with van der Waals surface area (Å²) < 4.78 is 0. The number of nitrogens with zero attached hydrogens (tertiary/aromatic N) is 1. The standard InChI is InChI=1S/C12H16N2O3/c1-14(9-10-5-3-2-4-6-10)11(15)7-13-8-12(16)17/h2-6,13H,7-9H2,1H3,(H,16,17). The van der Waals surface area contributed by atoms with Gasteiger partial charge in [0.15, 0.2) is 0 Å². The highest BCUT2D eigenvalue weighted by atomic mass is 16.4. The van der Waals surface area contributed by atoms with Gasteiger partial charge in [-0.3, -0.25) is 14.9 Å². The molecule has 5 heteroatoms. The maximum absolute atomic E-state index is 11.6. The summed E-state index contributed by atoms with van der Waals surface area (Å²) in [4.78, 5) is 23.4. The Morgan fingerprint density at radius 1 is 1.24 bits per heavy atom. The lowest BCUT2D eigenvalue weighted by atomic mass is 10.2. The Morgan fingerprint density at radius 2 is 1.88 bits per heavy atom. The lowest BCUT2D eigenvalue weighted by Gasteiger charge is -2.17. The molecule has 1 aromatic rings. The summed E-state index contributed by atoms with van der Waals surface area (Å²) >= 11 is 0. The molecule has 92 valence electrons. The van der Waals surface area contributed by atoms with Crippen LogP contribution in [0.1, 0.15) is 5.56 Å². The molecule has 0 aliphatic carbocycles. The van der Waals surface area contributed by atoms with E-state index in [0.717, 1.165) is 5.56 Å². The van der Waals surface area contributed by atoms with Crippen molar-refractivity contribution in [1.82, 2.24) is 10.2 Å². The number of hydrogen-bond acceptors (Lipinski definition) is 3. The number of rotatable bonds is 6. The highest BCUT2D eigenvalue weighted by molar-refractivity contribution is 5.78. The lowest BCUT2D eigenvalue weighted by Crippen LogP contribution is -2.37. The predicted molar refractivity (Wildman–Crippen MR) is 63.4 cm³/mol. The fourth-order valence-electron chi connectivity index (χ4n) is 1.36. The van der Waals surface area contributed by atoms with Crippen LogP contribution in [0.3, 0.4) is 0 Å². The summed E-state index contributed by atoms with van der Waals surface area (Å²) in [6, 6.07) is 9.62. The van der Waals surface area contributed by atoms with Gasteiger partial charge in [0, 0.05) is 13.6 Å². The van der Waals surface area contributed by atoms with Gasteiger partial charge >= 0.3 is 5.97 Å². The third-order valence-corrected chi connectivity index (χ3v) is 2.24. The molecule has 0 aliphatic rings. The molecule has 0 bridgehead atoms. The van der Waals surface area contributed by atoms with E-state index in [-0.39, 0.29) is 19.0 Å². The number of carbonyl (C=O) groups excluding carboxylic acids is 1. The molecule has 5 nitrogen and oxygen atoms in total. The Hall–Kier alpha value is -1.88. The normalized spacial score (nSPS) is 9.94. The second-order valence-electron chi connectivity index (χ2n) is 3.73. The minimum atomic E-state index is -0.969. The average Bonchev–Trinajstić information content (AvgIpc) is 2.29. The maximum Gasteiger partial charge on any atom is 0.317 e. The number of likely N-dealkylation sites (N-methyl/N-ethyl adjacent to an activating group) is 1. The van der Waals surface area contributed by atoms with E-state index in [1.54, 1.807) is 11.9 Å². The zero-order chi connectivity index (χ0) is 12.7. The van der Waals surface area contributed by atoms with E-state index in [2.05, 4.69) is 5.32 Å². The van der Waals surface area contributed by atoms with Crippen molar-refractivity contribution in [2.24, 2.45) is 0 Å². The second-order valence-corrected chi connectivity index (χ2v) is 3.73. The van der Waals surface area contributed by atoms with Gasteiger partial charge in [-0.25, -0.2) is 0 Å². The Kier molecular flexibility index (Phi) is 5.16. The van der Waals surface area contributed by atoms with Crippen LogP contribution in [-0.2, 0) is 16.1 Å². The molecule has 1 rings (SSSR count). The van der Waals surface area contributed by atoms with Gasteiger partial charge in [-0.15, -0.1) is 0 Å². The Balaban J connectivity index is 2.34. The summed E-state index contributed by atoms with van der Waals surface area (Å²) in [7, 11) is 1.69. The third-order valence-electron chi connectivity index (χ3n) is 2.24. The molecular weight excluding hydrogens is 220 g/mol. The molecule has 0 unspecified atom stereocenters. The molecule has 0 radical (unpaired) electrons. The molecule has 0 heterocycles. The first-order chi connectivity index (χ1) is 8.09. The van der Waals surface area contributed by atoms with Crippen LogP contribution in [-0.4, -0.2) is 42.0 Å². The van der Waals surface area contributed by atoms with E-state index in [9.17, 15) is 9.59 Å². The van der Waals surface area contributed by atoms with Crippen molar-refractivity contribution in [3.05, 3.63) is 35.9 Å². The number of amides is 1. The first-order valence-electron chi connectivity index (χ1n) is 5.30. The first-order valence-corrected chi connectivity index (χ1v) is 5.30. The van der Waals surface area contributed by atoms with Crippen LogP contribution in [0.5, 0.6) is 0 Å². The van der Waals surface area contributed by atoms with Crippen LogP contribution in [0.2, 0.25) is 0 Å². The van der Waals surface area contributed by atoms with E-state index in [0.29, 0.717) is 6.54 Å². The van der Waals surface area contributed by atoms with Crippen molar-refractivity contribution in [2.45, 2.75) is 6.54 Å². The van der Waals surface area contributed by atoms with Gasteiger partial charge in [0.05, 0.1) is 13.1 Å². The molecule has 0 aliphatic heterocycles. The molecular formula is C12H16N2O3. The van der Waals surface area contributed by atoms with Crippen molar-refractivity contribution in [1.29, 1.82) is 0 Å². The number of hydrogen-bond donors (Lipinski definition) is 2. The Morgan fingerprint density at radius 3 is 2.47 bits per heavy atom. The van der Waals surface area contributed by atoms with E-state index in [4.69, 9.17) is 5.11 Å². The predicted octanol–water partition coefficient (Wildman–Crippen LogP) is 0.319. The van der Waals surface area contributed by atoms with Crippen LogP contribution in [0, 0.1) is 0 Å². The van der Waals surface area contributed by atoms with Gasteiger partial charge < -0.3 is 10.0 Å². The summed E-state index contributed by atoms with van der Waals surface area (Å²) in [5.41, 5.74) is 1.04. The van der Waals surface area contributed by atoms with E-state index < -0.39 is 5.97 Å². The highest BCUT2D eigenvalue weighted by Gasteiger charge is 2.09. The van der Waals surface area contributed by atoms with Crippen molar-refractivity contribution in [2.75, 3.05) is 20.1 Å². The molecule has 1 aromatic carbocycles. The second kappa shape index (κ2) is 6.65. The number of benzene rings is 1. The SMILES string of the molecule is CN(Cc1ccccc1)C(=O)CNCC(=O)O. The van der Waals surface area contributed by atoms with Crippen molar-refractivity contribution < 1.29 is 14.7 Å². The minimum Gasteiger partial charge on any atom is -0.480 e. The van der Waals surface area contributed by atoms with Gasteiger partial charge in [0.25, 0.3) is 0 Å². The number of aliphatic carboxylic acids is 1. The maximum atomic E-state index is 11.6. The molecule has 0 spiro atoms. The monoisotopic (exact) mass is 236 g/mol. The van der Waals surface area contributed by atoms with Crippen LogP contribution in [0.15, 0.2) is 30.3 Å². The first kappa shape index (κ1) is 13.2. The molecule has 0 saturated carbocycles. The summed E-state index contributed by atoms with van der Waals surface area (Å²) in [5, 5.41) is 11.0. The average molecular weight is 236 g/mol. The topological polar surface area (TPSA) is 69.6 Å². The zero-order valence-corrected chi connectivity index (χ0v) is 9.72. The quantitative estimate of drug-likeness (QED) is 0.746. The third kappa shape index (κ3) is 5.12. The Bertz CT molecular complexity index is 379. The van der Waals surface area contributed by atoms with Crippen molar-refractivity contribution >= 4 is 11.9 Å². The van der Waals surface area contributed by atoms with Crippen LogP contribution in [0.25, 0.3) is 0 Å². The smallest absolute Gasteiger partial charge is 0.317 e. The molecule has 0 atom stereocenters. The lowest BCUT2D eigenvalue weighted by molar-refractivity contribution is -0.136. The fourth-order valence-corrected chi connectivity index (χ4v) is 1.36. The van der Waals surface area contributed by atoms with Gasteiger partial charge in [0.2, 0.25) is 5.91 Å². The van der Waals surface area contributed by atoms with Crippen LogP contribution in [0.4, 0.5) is 0 Å². The van der Waals surface area contributed by atoms with Crippen LogP contribution >= 0.6 is 0 Å². The number of carboxylic acid groups (broad SMARTS) is 1. The minimum absolute atomic E-state index is 0.0373. The van der Waals surface area contributed by atoms with Crippen molar-refractivity contribution in [3.8, 4) is 0 Å². The zero-order valence-electron chi connectivity index (χ0n) is 9.72. The molecule has 2 N–H and O–H groups in total. The summed E-state index contributed by atoms with van der Waals surface area (Å²) in [6.45, 7) is 0.356. The molecule has 17 heavy (non-hydrogen) atoms. The van der Waals surface area contributed by atoms with Gasteiger partial charge in [-0.2, -0.15) is 0 Å². The van der Waals surface area contributed by atoms with Gasteiger partial charge in [0.1, 0.15) is 0 Å². The van der Waals surface area contributed by atoms with Gasteiger partial charge in [-0.05, 0) is 5.56 Å². The van der Waals surface area contributed by atoms with Crippen LogP contribution < -0.4 is 5.32 Å². The number of carbonyl (C=O) groups is 2. The molecule has 0 fully saturated rings. The largest absolute Gasteiger partial charge is 0.480 e. The van der Waals surface area contributed by atoms with Gasteiger partial charge in [-0.1, -0.05) is 30.3 Å². The Labute approximate surface area is 100 Å². The summed E-state index contributed by atoms with van der Waals surface area (Å²) in [6.07, 6.45) is 0. The number of carboxylic acids is 1. The fraction of sp³-hybridized carbons (Fsp3) is 0.333. The molecule has 1 amide bonds. The molecule has 0 aromatic heterocycles. The number of nitrogens with one attached hydrogen (secondary N) is 1. The summed E-state index contributed by atoms with van der Waals surface area (Å²) in [5.74, 6) is -1.10. The van der Waals surface area contributed by atoms with E-state index in [1.807, 2.05) is 30.3 Å². The van der Waals surface area contributed by atoms with E-state index >= 15 is 0 Å². The van der Waals surface area contributed by atoms with E-state index in [1.165, 1.54) is 0 Å². The highest BCUT2D eigenvalue weighted by Crippen LogP contribution is 2.02.